The van der Waals surface area contributed by atoms with E-state index in [0.717, 1.165) is 33.6 Å². The maximum absolute atomic E-state index is 12.9. The van der Waals surface area contributed by atoms with Gasteiger partial charge in [0.2, 0.25) is 5.91 Å². The zero-order valence-corrected chi connectivity index (χ0v) is 18.3. The molecule has 1 aliphatic heterocycles. The molecule has 0 N–H and O–H groups in total. The molecular weight excluding hydrogens is 438 g/mol. The summed E-state index contributed by atoms with van der Waals surface area (Å²) in [5.41, 5.74) is 5.51. The van der Waals surface area contributed by atoms with Gasteiger partial charge in [0.05, 0.1) is 11.0 Å². The fraction of sp³-hybridized carbons (Fsp3) is 0.200. The predicted molar refractivity (Wildman–Crippen MR) is 124 cm³/mol. The molecule has 150 valence electrons. The number of anilines is 1. The second kappa shape index (κ2) is 7.73. The van der Waals surface area contributed by atoms with Gasteiger partial charge in [0.15, 0.2) is 0 Å². The molecule has 30 heavy (non-hydrogen) atoms. The van der Waals surface area contributed by atoms with Gasteiger partial charge in [-0.05, 0) is 42.8 Å². The van der Waals surface area contributed by atoms with Gasteiger partial charge in [0.1, 0.15) is 5.82 Å². The second-order valence-corrected chi connectivity index (χ2v) is 8.83. The van der Waals surface area contributed by atoms with Crippen LogP contribution in [-0.2, 0) is 11.3 Å². The van der Waals surface area contributed by atoms with Crippen molar-refractivity contribution in [2.45, 2.75) is 25.8 Å². The van der Waals surface area contributed by atoms with Crippen molar-refractivity contribution >= 4 is 38.6 Å². The standard InChI is InChI=1S/C25H22BrN3O/c1-17-6-4-7-18(12-17)15-29-23-11-3-2-10-22(23)27-25(29)19-13-24(30)28(16-19)21-9-5-8-20(26)14-21/h2-12,14,19H,13,15-16H2,1H3. The van der Waals surface area contributed by atoms with E-state index in [1.54, 1.807) is 0 Å². The minimum Gasteiger partial charge on any atom is -0.323 e. The number of carbonyl (C=O) groups is 1. The molecule has 4 nitrogen and oxygen atoms in total. The lowest BCUT2D eigenvalue weighted by Crippen LogP contribution is -2.24. The molecule has 0 saturated carbocycles. The van der Waals surface area contributed by atoms with Crippen molar-refractivity contribution in [2.75, 3.05) is 11.4 Å². The molecule has 1 unspecified atom stereocenters. The molecule has 1 fully saturated rings. The number of para-hydroxylation sites is 2. The summed E-state index contributed by atoms with van der Waals surface area (Å²) in [5, 5.41) is 0. The lowest BCUT2D eigenvalue weighted by molar-refractivity contribution is -0.117. The number of fused-ring (bicyclic) bond motifs is 1. The minimum absolute atomic E-state index is 0.0636. The van der Waals surface area contributed by atoms with Gasteiger partial charge >= 0.3 is 0 Å². The Balaban J connectivity index is 1.53. The van der Waals surface area contributed by atoms with Crippen molar-refractivity contribution in [3.05, 3.63) is 94.2 Å². The number of halogens is 1. The van der Waals surface area contributed by atoms with Crippen molar-refractivity contribution in [3.8, 4) is 0 Å². The first kappa shape index (κ1) is 19.1. The molecular formula is C25H22BrN3O. The lowest BCUT2D eigenvalue weighted by atomic mass is 10.1. The molecule has 0 spiro atoms. The number of hydrogen-bond acceptors (Lipinski definition) is 2. The number of aryl methyl sites for hydroxylation is 1. The van der Waals surface area contributed by atoms with Crippen LogP contribution in [0.3, 0.4) is 0 Å². The number of nitrogens with zero attached hydrogens (tertiary/aromatic N) is 3. The van der Waals surface area contributed by atoms with Crippen LogP contribution in [0.2, 0.25) is 0 Å². The molecule has 3 aromatic carbocycles. The van der Waals surface area contributed by atoms with Gasteiger partial charge in [-0.25, -0.2) is 4.98 Å². The molecule has 2 heterocycles. The summed E-state index contributed by atoms with van der Waals surface area (Å²) >= 11 is 3.51. The first-order valence-electron chi connectivity index (χ1n) is 10.1. The molecule has 0 bridgehead atoms. The van der Waals surface area contributed by atoms with E-state index < -0.39 is 0 Å². The largest absolute Gasteiger partial charge is 0.323 e. The van der Waals surface area contributed by atoms with Crippen LogP contribution in [-0.4, -0.2) is 22.0 Å². The Bertz CT molecular complexity index is 1250. The fourth-order valence-corrected chi connectivity index (χ4v) is 4.73. The van der Waals surface area contributed by atoms with Gasteiger partial charge < -0.3 is 9.47 Å². The molecule has 1 amide bonds. The van der Waals surface area contributed by atoms with Gasteiger partial charge in [-0.15, -0.1) is 0 Å². The van der Waals surface area contributed by atoms with Crippen LogP contribution in [0.1, 0.15) is 29.3 Å². The Labute approximate surface area is 184 Å². The lowest BCUT2D eigenvalue weighted by Gasteiger charge is -2.18. The minimum atomic E-state index is 0.0636. The van der Waals surface area contributed by atoms with Crippen LogP contribution in [0.4, 0.5) is 5.69 Å². The zero-order chi connectivity index (χ0) is 20.7. The molecule has 1 aliphatic rings. The highest BCUT2D eigenvalue weighted by Gasteiger charge is 2.34. The SMILES string of the molecule is Cc1cccc(Cn2c(C3CC(=O)N(c4cccc(Br)c4)C3)nc3ccccc32)c1. The average Bonchev–Trinajstić information content (AvgIpc) is 3.29. The maximum atomic E-state index is 12.9. The first-order chi connectivity index (χ1) is 14.6. The summed E-state index contributed by atoms with van der Waals surface area (Å²) in [6, 6.07) is 24.7. The van der Waals surface area contributed by atoms with Crippen molar-refractivity contribution in [3.63, 3.8) is 0 Å². The molecule has 1 atom stereocenters. The Morgan fingerprint density at radius 2 is 1.87 bits per heavy atom. The normalized spacial score (nSPS) is 16.5. The number of amides is 1. The third kappa shape index (κ3) is 3.54. The van der Waals surface area contributed by atoms with Crippen LogP contribution >= 0.6 is 15.9 Å². The third-order valence-electron chi connectivity index (χ3n) is 5.72. The summed E-state index contributed by atoms with van der Waals surface area (Å²) in [5.74, 6) is 1.20. The summed E-state index contributed by atoms with van der Waals surface area (Å²) < 4.78 is 3.26. The van der Waals surface area contributed by atoms with Crippen LogP contribution in [0, 0.1) is 6.92 Å². The van der Waals surface area contributed by atoms with E-state index in [4.69, 9.17) is 4.98 Å². The van der Waals surface area contributed by atoms with Gasteiger partial charge in [-0.2, -0.15) is 0 Å². The average molecular weight is 460 g/mol. The van der Waals surface area contributed by atoms with Crippen molar-refractivity contribution in [2.24, 2.45) is 0 Å². The Hall–Kier alpha value is -2.92. The van der Waals surface area contributed by atoms with Crippen LogP contribution in [0.25, 0.3) is 11.0 Å². The number of benzene rings is 3. The Kier molecular flexibility index (Phi) is 4.91. The summed E-state index contributed by atoms with van der Waals surface area (Å²) in [7, 11) is 0. The van der Waals surface area contributed by atoms with Crippen LogP contribution in [0.15, 0.2) is 77.3 Å². The van der Waals surface area contributed by atoms with E-state index in [0.29, 0.717) is 13.0 Å². The highest BCUT2D eigenvalue weighted by Crippen LogP contribution is 2.34. The molecule has 5 heteroatoms. The molecule has 1 aromatic heterocycles. The molecule has 0 aliphatic carbocycles. The molecule has 5 rings (SSSR count). The third-order valence-corrected chi connectivity index (χ3v) is 6.21. The van der Waals surface area contributed by atoms with Gasteiger partial charge in [-0.3, -0.25) is 4.79 Å². The smallest absolute Gasteiger partial charge is 0.227 e. The van der Waals surface area contributed by atoms with E-state index in [2.05, 4.69) is 63.8 Å². The number of hydrogen-bond donors (Lipinski definition) is 0. The highest BCUT2D eigenvalue weighted by molar-refractivity contribution is 9.10. The van der Waals surface area contributed by atoms with E-state index in [9.17, 15) is 4.79 Å². The van der Waals surface area contributed by atoms with Crippen molar-refractivity contribution in [1.82, 2.24) is 9.55 Å². The maximum Gasteiger partial charge on any atom is 0.227 e. The number of rotatable bonds is 4. The second-order valence-electron chi connectivity index (χ2n) is 7.92. The summed E-state index contributed by atoms with van der Waals surface area (Å²) in [4.78, 5) is 19.7. The number of carbonyl (C=O) groups excluding carboxylic acids is 1. The molecule has 1 saturated heterocycles. The summed E-state index contributed by atoms with van der Waals surface area (Å²) in [6.45, 7) is 3.51. The van der Waals surface area contributed by atoms with Crippen molar-refractivity contribution < 1.29 is 4.79 Å². The van der Waals surface area contributed by atoms with E-state index in [1.807, 2.05) is 41.3 Å². The van der Waals surface area contributed by atoms with Gasteiger partial charge in [0, 0.05) is 35.6 Å². The number of imidazole rings is 1. The molecule has 0 radical (unpaired) electrons. The topological polar surface area (TPSA) is 38.1 Å². The quantitative estimate of drug-likeness (QED) is 0.393. The highest BCUT2D eigenvalue weighted by atomic mass is 79.9. The zero-order valence-electron chi connectivity index (χ0n) is 16.8. The predicted octanol–water partition coefficient (Wildman–Crippen LogP) is 5.68. The fourth-order valence-electron chi connectivity index (χ4n) is 4.34. The van der Waals surface area contributed by atoms with Gasteiger partial charge in [-0.1, -0.05) is 64.0 Å². The Morgan fingerprint density at radius 1 is 1.03 bits per heavy atom. The summed E-state index contributed by atoms with van der Waals surface area (Å²) in [6.07, 6.45) is 0.476. The van der Waals surface area contributed by atoms with Crippen LogP contribution < -0.4 is 4.90 Å². The van der Waals surface area contributed by atoms with E-state index in [-0.39, 0.29) is 11.8 Å². The van der Waals surface area contributed by atoms with Crippen LogP contribution in [0.5, 0.6) is 0 Å². The first-order valence-corrected chi connectivity index (χ1v) is 10.9. The van der Waals surface area contributed by atoms with E-state index in [1.165, 1.54) is 11.1 Å². The van der Waals surface area contributed by atoms with E-state index >= 15 is 0 Å². The van der Waals surface area contributed by atoms with Crippen molar-refractivity contribution in [1.29, 1.82) is 0 Å². The number of aromatic nitrogens is 2. The monoisotopic (exact) mass is 459 g/mol. The van der Waals surface area contributed by atoms with Gasteiger partial charge in [0.25, 0.3) is 0 Å². The Morgan fingerprint density at radius 3 is 2.70 bits per heavy atom. The molecule has 4 aromatic rings.